The van der Waals surface area contributed by atoms with Gasteiger partial charge in [-0.15, -0.1) is 0 Å². The maximum Gasteiger partial charge on any atom is 0.244 e. The van der Waals surface area contributed by atoms with Gasteiger partial charge in [-0.1, -0.05) is 78.1 Å². The summed E-state index contributed by atoms with van der Waals surface area (Å²) in [5, 5.41) is 4.00. The first-order chi connectivity index (χ1) is 18.9. The lowest BCUT2D eigenvalue weighted by Gasteiger charge is -2.34. The van der Waals surface area contributed by atoms with E-state index in [-0.39, 0.29) is 18.9 Å². The smallest absolute Gasteiger partial charge is 0.244 e. The molecule has 7 nitrogen and oxygen atoms in total. The van der Waals surface area contributed by atoms with E-state index in [1.807, 2.05) is 37.3 Å². The first kappa shape index (κ1) is 31.7. The number of halogens is 3. The molecule has 1 N–H and O–H groups in total. The first-order valence-corrected chi connectivity index (χ1v) is 15.7. The maximum absolute atomic E-state index is 14.1. The van der Waals surface area contributed by atoms with E-state index in [1.54, 1.807) is 43.3 Å². The number of benzene rings is 3. The number of amides is 2. The van der Waals surface area contributed by atoms with Crippen molar-refractivity contribution in [1.29, 1.82) is 0 Å². The number of nitrogens with one attached hydrogen (secondary N) is 1. The number of aryl methyl sites for hydroxylation is 1. The van der Waals surface area contributed by atoms with Gasteiger partial charge in [0.2, 0.25) is 21.8 Å². The summed E-state index contributed by atoms with van der Waals surface area (Å²) in [5.74, 6) is -0.897. The van der Waals surface area contributed by atoms with Crippen molar-refractivity contribution in [3.05, 3.63) is 98.5 Å². The number of carbonyl (C=O) groups excluding carboxylic acids is 2. The van der Waals surface area contributed by atoms with Crippen LogP contribution in [-0.4, -0.2) is 50.5 Å². The van der Waals surface area contributed by atoms with Crippen LogP contribution in [0.15, 0.2) is 66.7 Å². The molecule has 2 amide bonds. The van der Waals surface area contributed by atoms with Gasteiger partial charge < -0.3 is 10.2 Å². The molecule has 0 fully saturated rings. The molecule has 1 atom stereocenters. The third-order valence-corrected chi connectivity index (χ3v) is 8.36. The number of anilines is 1. The van der Waals surface area contributed by atoms with Gasteiger partial charge in [-0.05, 0) is 60.4 Å². The predicted octanol–water partition coefficient (Wildman–Crippen LogP) is 5.89. The second-order valence-corrected chi connectivity index (χ2v) is 12.6. The molecule has 0 radical (unpaired) electrons. The van der Waals surface area contributed by atoms with E-state index < -0.39 is 28.5 Å². The zero-order valence-electron chi connectivity index (χ0n) is 22.5. The molecule has 0 saturated carbocycles. The summed E-state index contributed by atoms with van der Waals surface area (Å²) in [7, 11) is -3.88. The Balaban J connectivity index is 2.08. The van der Waals surface area contributed by atoms with Gasteiger partial charge >= 0.3 is 0 Å². The molecule has 0 bridgehead atoms. The number of carbonyl (C=O) groups is 2. The zero-order valence-corrected chi connectivity index (χ0v) is 25.6. The van der Waals surface area contributed by atoms with Crippen molar-refractivity contribution < 1.29 is 18.0 Å². The van der Waals surface area contributed by atoms with Gasteiger partial charge in [0.05, 0.1) is 22.0 Å². The van der Waals surface area contributed by atoms with Crippen LogP contribution in [0.4, 0.5) is 5.69 Å². The van der Waals surface area contributed by atoms with Crippen LogP contribution in [0.2, 0.25) is 15.1 Å². The Hall–Kier alpha value is -2.78. The summed E-state index contributed by atoms with van der Waals surface area (Å²) >= 11 is 18.5. The third kappa shape index (κ3) is 8.61. The Bertz CT molecular complexity index is 1450. The van der Waals surface area contributed by atoms with Crippen molar-refractivity contribution in [1.82, 2.24) is 10.2 Å². The van der Waals surface area contributed by atoms with Crippen molar-refractivity contribution >= 4 is 62.3 Å². The normalized spacial score (nSPS) is 12.1. The maximum atomic E-state index is 14.1. The van der Waals surface area contributed by atoms with Crippen LogP contribution in [0.3, 0.4) is 0 Å². The molecule has 40 heavy (non-hydrogen) atoms. The van der Waals surface area contributed by atoms with Crippen LogP contribution in [0, 0.1) is 6.92 Å². The number of sulfonamides is 1. The van der Waals surface area contributed by atoms with E-state index in [1.165, 1.54) is 4.90 Å². The highest BCUT2D eigenvalue weighted by Gasteiger charge is 2.33. The number of nitrogens with zero attached hydrogens (tertiary/aromatic N) is 2. The summed E-state index contributed by atoms with van der Waals surface area (Å²) in [5.41, 5.74) is 2.39. The molecule has 0 aliphatic rings. The first-order valence-electron chi connectivity index (χ1n) is 12.7. The molecule has 3 rings (SSSR count). The summed E-state index contributed by atoms with van der Waals surface area (Å²) in [6, 6.07) is 18.1. The lowest BCUT2D eigenvalue weighted by Crippen LogP contribution is -2.53. The van der Waals surface area contributed by atoms with Gasteiger partial charge in [0, 0.05) is 24.5 Å². The summed E-state index contributed by atoms with van der Waals surface area (Å²) in [4.78, 5) is 29.0. The van der Waals surface area contributed by atoms with Crippen LogP contribution in [0.1, 0.15) is 30.0 Å². The van der Waals surface area contributed by atoms with E-state index in [0.717, 1.165) is 16.1 Å². The second kappa shape index (κ2) is 14.2. The van der Waals surface area contributed by atoms with Gasteiger partial charge in [0.25, 0.3) is 0 Å². The Morgan fingerprint density at radius 1 is 0.925 bits per heavy atom. The minimum absolute atomic E-state index is 0.00394. The van der Waals surface area contributed by atoms with E-state index in [4.69, 9.17) is 34.8 Å². The third-order valence-electron chi connectivity index (χ3n) is 6.26. The van der Waals surface area contributed by atoms with E-state index >= 15 is 0 Å². The molecule has 0 saturated heterocycles. The monoisotopic (exact) mass is 623 g/mol. The molecule has 11 heteroatoms. The Kier molecular flexibility index (Phi) is 11.3. The summed E-state index contributed by atoms with van der Waals surface area (Å²) in [6.07, 6.45) is 1.97. The van der Waals surface area contributed by atoms with Crippen LogP contribution < -0.4 is 9.62 Å². The van der Waals surface area contributed by atoms with Crippen molar-refractivity contribution in [2.24, 2.45) is 0 Å². The van der Waals surface area contributed by atoms with E-state index in [9.17, 15) is 18.0 Å². The fourth-order valence-corrected chi connectivity index (χ4v) is 5.70. The lowest BCUT2D eigenvalue weighted by atomic mass is 10.0. The Morgan fingerprint density at radius 3 is 2.23 bits per heavy atom. The lowest BCUT2D eigenvalue weighted by molar-refractivity contribution is -0.140. The minimum atomic E-state index is -3.88. The zero-order chi connectivity index (χ0) is 29.4. The highest BCUT2D eigenvalue weighted by molar-refractivity contribution is 7.92. The van der Waals surface area contributed by atoms with Crippen LogP contribution in [0.25, 0.3) is 0 Å². The Morgan fingerprint density at radius 2 is 1.62 bits per heavy atom. The largest absolute Gasteiger partial charge is 0.354 e. The second-order valence-electron chi connectivity index (χ2n) is 9.47. The fraction of sp³-hybridized carbons (Fsp3) is 0.310. The van der Waals surface area contributed by atoms with Crippen molar-refractivity contribution in [2.75, 3.05) is 23.7 Å². The predicted molar refractivity (Wildman–Crippen MR) is 163 cm³/mol. The van der Waals surface area contributed by atoms with Gasteiger partial charge in [-0.25, -0.2) is 8.42 Å². The number of hydrogen-bond acceptors (Lipinski definition) is 4. The topological polar surface area (TPSA) is 86.8 Å². The SMILES string of the molecule is CCCNC(=O)[C@H](Cc1ccccc1)N(Cc1ccc(Cl)c(Cl)c1)C(=O)CN(c1ccc(Cl)cc1C)S(C)(=O)=O. The van der Waals surface area contributed by atoms with Gasteiger partial charge in [0.1, 0.15) is 12.6 Å². The number of rotatable bonds is 12. The van der Waals surface area contributed by atoms with Gasteiger partial charge in [-0.3, -0.25) is 13.9 Å². The van der Waals surface area contributed by atoms with Gasteiger partial charge in [-0.2, -0.15) is 0 Å². The van der Waals surface area contributed by atoms with Gasteiger partial charge in [0.15, 0.2) is 0 Å². The molecule has 0 aliphatic carbocycles. The van der Waals surface area contributed by atoms with Crippen molar-refractivity contribution in [3.8, 4) is 0 Å². The Labute approximate surface area is 251 Å². The van der Waals surface area contributed by atoms with Crippen molar-refractivity contribution in [3.63, 3.8) is 0 Å². The standard InChI is InChI=1S/C29H32Cl3N3O4S/c1-4-14-33-29(37)27(17-21-8-6-5-7-9-21)34(18-22-10-12-24(31)25(32)16-22)28(36)19-35(40(3,38)39)26-13-11-23(30)15-20(26)2/h5-13,15-16,27H,4,14,17-19H2,1-3H3,(H,33,37)/t27-/m0/s1. The molecule has 214 valence electrons. The van der Waals surface area contributed by atoms with Crippen LogP contribution in [-0.2, 0) is 32.6 Å². The molecule has 0 unspecified atom stereocenters. The molecule has 0 aliphatic heterocycles. The average Bonchev–Trinajstić information content (AvgIpc) is 2.90. The van der Waals surface area contributed by atoms with Crippen LogP contribution >= 0.6 is 34.8 Å². The minimum Gasteiger partial charge on any atom is -0.354 e. The molecular weight excluding hydrogens is 593 g/mol. The highest BCUT2D eigenvalue weighted by Crippen LogP contribution is 2.27. The summed E-state index contributed by atoms with van der Waals surface area (Å²) in [6.45, 7) is 3.56. The molecule has 0 spiro atoms. The molecular formula is C29H32Cl3N3O4S. The average molecular weight is 625 g/mol. The molecule has 3 aromatic carbocycles. The van der Waals surface area contributed by atoms with Crippen molar-refractivity contribution in [2.45, 2.75) is 39.3 Å². The molecule has 0 aromatic heterocycles. The van der Waals surface area contributed by atoms with Crippen LogP contribution in [0.5, 0.6) is 0 Å². The van der Waals surface area contributed by atoms with E-state index in [2.05, 4.69) is 5.32 Å². The van der Waals surface area contributed by atoms with E-state index in [0.29, 0.717) is 44.8 Å². The molecule has 3 aromatic rings. The number of hydrogen-bond donors (Lipinski definition) is 1. The highest BCUT2D eigenvalue weighted by atomic mass is 35.5. The quantitative estimate of drug-likeness (QED) is 0.272. The molecule has 0 heterocycles. The fourth-order valence-electron chi connectivity index (χ4n) is 4.25. The summed E-state index contributed by atoms with van der Waals surface area (Å²) < 4.78 is 26.9.